The Morgan fingerprint density at radius 1 is 1.25 bits per heavy atom. The van der Waals surface area contributed by atoms with Gasteiger partial charge in [0.25, 0.3) is 0 Å². The van der Waals surface area contributed by atoms with Gasteiger partial charge in [0.15, 0.2) is 0 Å². The molecule has 1 fully saturated rings. The van der Waals surface area contributed by atoms with Crippen LogP contribution in [0.3, 0.4) is 0 Å². The Hall–Kier alpha value is -1.64. The summed E-state index contributed by atoms with van der Waals surface area (Å²) in [5, 5.41) is 27.4. The molecular formula is C11H11FN2O2. The molecule has 0 aliphatic carbocycles. The van der Waals surface area contributed by atoms with E-state index in [2.05, 4.69) is 0 Å². The van der Waals surface area contributed by atoms with Crippen LogP contribution in [-0.2, 0) is 0 Å². The van der Waals surface area contributed by atoms with Crippen molar-refractivity contribution in [3.05, 3.63) is 29.6 Å². The molecule has 16 heavy (non-hydrogen) atoms. The van der Waals surface area contributed by atoms with E-state index >= 15 is 0 Å². The molecule has 0 spiro atoms. The molecule has 84 valence electrons. The monoisotopic (exact) mass is 222 g/mol. The number of aliphatic hydroxyl groups excluding tert-OH is 2. The zero-order valence-electron chi connectivity index (χ0n) is 8.47. The van der Waals surface area contributed by atoms with Crippen LogP contribution in [0.15, 0.2) is 18.2 Å². The Kier molecular flexibility index (Phi) is 2.77. The predicted octanol–water partition coefficient (Wildman–Crippen LogP) is 0.239. The Labute approximate surface area is 92.2 Å². The second-order valence-electron chi connectivity index (χ2n) is 3.85. The summed E-state index contributed by atoms with van der Waals surface area (Å²) < 4.78 is 13.2. The van der Waals surface area contributed by atoms with Gasteiger partial charge >= 0.3 is 0 Å². The van der Waals surface area contributed by atoms with Gasteiger partial charge in [0.2, 0.25) is 0 Å². The topological polar surface area (TPSA) is 67.5 Å². The van der Waals surface area contributed by atoms with Crippen LogP contribution >= 0.6 is 0 Å². The van der Waals surface area contributed by atoms with Gasteiger partial charge in [-0.15, -0.1) is 0 Å². The van der Waals surface area contributed by atoms with Crippen molar-refractivity contribution in [2.45, 2.75) is 12.2 Å². The van der Waals surface area contributed by atoms with E-state index in [1.807, 2.05) is 6.07 Å². The fourth-order valence-corrected chi connectivity index (χ4v) is 1.80. The third-order valence-corrected chi connectivity index (χ3v) is 2.64. The molecule has 2 N–H and O–H groups in total. The number of β-amino-alcohol motifs (C(OH)–C–C–N with tert-alkyl or cyclic N) is 2. The lowest BCUT2D eigenvalue weighted by atomic mass is 10.2. The lowest BCUT2D eigenvalue weighted by Gasteiger charge is -2.17. The third kappa shape index (κ3) is 1.98. The molecule has 1 aromatic carbocycles. The van der Waals surface area contributed by atoms with Gasteiger partial charge in [0.1, 0.15) is 5.82 Å². The number of benzene rings is 1. The van der Waals surface area contributed by atoms with E-state index in [4.69, 9.17) is 5.26 Å². The first-order chi connectivity index (χ1) is 7.60. The van der Waals surface area contributed by atoms with Crippen molar-refractivity contribution in [2.75, 3.05) is 18.0 Å². The minimum atomic E-state index is -0.825. The molecular weight excluding hydrogens is 211 g/mol. The highest BCUT2D eigenvalue weighted by Crippen LogP contribution is 2.23. The van der Waals surface area contributed by atoms with Gasteiger partial charge in [-0.05, 0) is 18.2 Å². The van der Waals surface area contributed by atoms with E-state index in [-0.39, 0.29) is 18.7 Å². The molecule has 0 saturated carbocycles. The maximum atomic E-state index is 13.2. The minimum Gasteiger partial charge on any atom is -0.389 e. The number of halogens is 1. The number of rotatable bonds is 1. The van der Waals surface area contributed by atoms with Gasteiger partial charge in [-0.2, -0.15) is 5.26 Å². The van der Waals surface area contributed by atoms with Crippen LogP contribution in [0.5, 0.6) is 0 Å². The second kappa shape index (κ2) is 4.08. The van der Waals surface area contributed by atoms with Gasteiger partial charge in [0, 0.05) is 18.8 Å². The Balaban J connectivity index is 2.28. The van der Waals surface area contributed by atoms with Crippen molar-refractivity contribution in [3.8, 4) is 6.07 Å². The highest BCUT2D eigenvalue weighted by atomic mass is 19.1. The van der Waals surface area contributed by atoms with Gasteiger partial charge < -0.3 is 15.1 Å². The second-order valence-corrected chi connectivity index (χ2v) is 3.85. The first-order valence-corrected chi connectivity index (χ1v) is 4.92. The minimum absolute atomic E-state index is 0.228. The lowest BCUT2D eigenvalue weighted by molar-refractivity contribution is 0.0572. The molecule has 1 heterocycles. The molecule has 2 rings (SSSR count). The van der Waals surface area contributed by atoms with Crippen LogP contribution in [0.25, 0.3) is 0 Å². The largest absolute Gasteiger partial charge is 0.389 e. The maximum Gasteiger partial charge on any atom is 0.126 e. The normalized spacial score (nSPS) is 24.5. The number of hydrogen-bond acceptors (Lipinski definition) is 4. The molecule has 2 unspecified atom stereocenters. The average Bonchev–Trinajstić information content (AvgIpc) is 2.58. The number of nitriles is 1. The molecule has 1 aliphatic rings. The van der Waals surface area contributed by atoms with E-state index in [0.717, 1.165) is 6.07 Å². The number of nitrogens with zero attached hydrogens (tertiary/aromatic N) is 2. The van der Waals surface area contributed by atoms with Gasteiger partial charge in [0.05, 0.1) is 23.8 Å². The molecule has 4 nitrogen and oxygen atoms in total. The molecule has 5 heteroatoms. The standard InChI is InChI=1S/C11H11FN2O2/c12-8-1-7(4-13)2-9(3-8)14-5-10(15)11(16)6-14/h1-3,10-11,15-16H,5-6H2. The van der Waals surface area contributed by atoms with Crippen molar-refractivity contribution in [1.82, 2.24) is 0 Å². The Morgan fingerprint density at radius 3 is 2.44 bits per heavy atom. The summed E-state index contributed by atoms with van der Waals surface area (Å²) in [6, 6.07) is 5.83. The summed E-state index contributed by atoms with van der Waals surface area (Å²) >= 11 is 0. The summed E-state index contributed by atoms with van der Waals surface area (Å²) in [5.41, 5.74) is 0.734. The van der Waals surface area contributed by atoms with E-state index < -0.39 is 18.0 Å². The Bertz CT molecular complexity index is 434. The van der Waals surface area contributed by atoms with Crippen molar-refractivity contribution in [1.29, 1.82) is 5.26 Å². The molecule has 0 amide bonds. The van der Waals surface area contributed by atoms with Crippen LogP contribution in [0.4, 0.5) is 10.1 Å². The SMILES string of the molecule is N#Cc1cc(F)cc(N2CC(O)C(O)C2)c1. The van der Waals surface area contributed by atoms with Crippen LogP contribution in [-0.4, -0.2) is 35.5 Å². The van der Waals surface area contributed by atoms with Crippen molar-refractivity contribution in [2.24, 2.45) is 0 Å². The molecule has 2 atom stereocenters. The van der Waals surface area contributed by atoms with Crippen molar-refractivity contribution in [3.63, 3.8) is 0 Å². The first-order valence-electron chi connectivity index (χ1n) is 4.92. The number of anilines is 1. The van der Waals surface area contributed by atoms with E-state index in [1.165, 1.54) is 12.1 Å². The molecule has 1 aliphatic heterocycles. The summed E-state index contributed by atoms with van der Waals surface area (Å²) in [5.74, 6) is -0.495. The fourth-order valence-electron chi connectivity index (χ4n) is 1.80. The summed E-state index contributed by atoms with van der Waals surface area (Å²) in [6.45, 7) is 0.491. The zero-order valence-corrected chi connectivity index (χ0v) is 8.47. The van der Waals surface area contributed by atoms with E-state index in [0.29, 0.717) is 5.69 Å². The van der Waals surface area contributed by atoms with Crippen LogP contribution in [0.1, 0.15) is 5.56 Å². The van der Waals surface area contributed by atoms with Crippen molar-refractivity contribution < 1.29 is 14.6 Å². The van der Waals surface area contributed by atoms with Crippen molar-refractivity contribution >= 4 is 5.69 Å². The summed E-state index contributed by atoms with van der Waals surface area (Å²) in [4.78, 5) is 1.65. The molecule has 1 saturated heterocycles. The quantitative estimate of drug-likeness (QED) is 0.714. The predicted molar refractivity (Wildman–Crippen MR) is 55.3 cm³/mol. The molecule has 1 aromatic rings. The van der Waals surface area contributed by atoms with Gasteiger partial charge in [-0.25, -0.2) is 4.39 Å². The fraction of sp³-hybridized carbons (Fsp3) is 0.364. The van der Waals surface area contributed by atoms with E-state index in [1.54, 1.807) is 4.90 Å². The van der Waals surface area contributed by atoms with Gasteiger partial charge in [-0.3, -0.25) is 0 Å². The average molecular weight is 222 g/mol. The Morgan fingerprint density at radius 2 is 1.88 bits per heavy atom. The zero-order chi connectivity index (χ0) is 11.7. The highest BCUT2D eigenvalue weighted by Gasteiger charge is 2.29. The number of hydrogen-bond donors (Lipinski definition) is 2. The maximum absolute atomic E-state index is 13.2. The molecule has 0 aromatic heterocycles. The van der Waals surface area contributed by atoms with Crippen LogP contribution in [0, 0.1) is 17.1 Å². The van der Waals surface area contributed by atoms with Gasteiger partial charge in [-0.1, -0.05) is 0 Å². The first kappa shape index (κ1) is 10.9. The lowest BCUT2D eigenvalue weighted by Crippen LogP contribution is -2.22. The smallest absolute Gasteiger partial charge is 0.126 e. The van der Waals surface area contributed by atoms with E-state index in [9.17, 15) is 14.6 Å². The number of aliphatic hydroxyl groups is 2. The molecule has 0 radical (unpaired) electrons. The highest BCUT2D eigenvalue weighted by molar-refractivity contribution is 5.53. The summed E-state index contributed by atoms with van der Waals surface area (Å²) in [7, 11) is 0. The summed E-state index contributed by atoms with van der Waals surface area (Å²) in [6.07, 6.45) is -1.65. The third-order valence-electron chi connectivity index (χ3n) is 2.64. The van der Waals surface area contributed by atoms with Crippen LogP contribution in [0.2, 0.25) is 0 Å². The van der Waals surface area contributed by atoms with Crippen LogP contribution < -0.4 is 4.90 Å². The molecule has 0 bridgehead atoms.